The zero-order chi connectivity index (χ0) is 14.3. The first-order valence-electron chi connectivity index (χ1n) is 7.23. The summed E-state index contributed by atoms with van der Waals surface area (Å²) in [5.74, 6) is 0.905. The summed E-state index contributed by atoms with van der Waals surface area (Å²) in [6.07, 6.45) is 2.17. The fourth-order valence-electron chi connectivity index (χ4n) is 2.68. The molecule has 3 nitrogen and oxygen atoms in total. The van der Waals surface area contributed by atoms with Gasteiger partial charge in [0, 0.05) is 18.6 Å². The molecule has 0 atom stereocenters. The van der Waals surface area contributed by atoms with Crippen LogP contribution in [0.3, 0.4) is 0 Å². The van der Waals surface area contributed by atoms with Crippen LogP contribution in [0.4, 0.5) is 0 Å². The Hall–Kier alpha value is -1.06. The molecule has 108 valence electrons. The van der Waals surface area contributed by atoms with Crippen LogP contribution < -0.4 is 10.5 Å². The summed E-state index contributed by atoms with van der Waals surface area (Å²) in [4.78, 5) is 2.49. The van der Waals surface area contributed by atoms with Crippen molar-refractivity contribution in [2.24, 2.45) is 5.73 Å². The van der Waals surface area contributed by atoms with Crippen molar-refractivity contribution in [3.05, 3.63) is 29.8 Å². The molecule has 0 radical (unpaired) electrons. The Balaban J connectivity index is 2.85. The molecule has 0 aliphatic heterocycles. The highest BCUT2D eigenvalue weighted by molar-refractivity contribution is 5.27. The number of hydrogen-bond donors (Lipinski definition) is 1. The van der Waals surface area contributed by atoms with Gasteiger partial charge in [-0.1, -0.05) is 32.9 Å². The fourth-order valence-corrected chi connectivity index (χ4v) is 2.68. The van der Waals surface area contributed by atoms with Crippen molar-refractivity contribution in [2.75, 3.05) is 20.2 Å². The van der Waals surface area contributed by atoms with Gasteiger partial charge in [-0.3, -0.25) is 4.90 Å². The Morgan fingerprint density at radius 1 is 1.11 bits per heavy atom. The minimum Gasteiger partial charge on any atom is -0.497 e. The van der Waals surface area contributed by atoms with Gasteiger partial charge in [0.15, 0.2) is 0 Å². The van der Waals surface area contributed by atoms with Crippen LogP contribution in [-0.4, -0.2) is 30.6 Å². The molecule has 0 aromatic heterocycles. The Labute approximate surface area is 117 Å². The minimum absolute atomic E-state index is 0.120. The van der Waals surface area contributed by atoms with Crippen LogP contribution >= 0.6 is 0 Å². The third kappa shape index (κ3) is 3.71. The number of hydrogen-bond acceptors (Lipinski definition) is 3. The lowest BCUT2D eigenvalue weighted by Crippen LogP contribution is -2.52. The summed E-state index contributed by atoms with van der Waals surface area (Å²) < 4.78 is 5.20. The van der Waals surface area contributed by atoms with E-state index in [9.17, 15) is 0 Å². The Morgan fingerprint density at radius 2 is 1.68 bits per heavy atom. The van der Waals surface area contributed by atoms with E-state index in [0.29, 0.717) is 6.54 Å². The van der Waals surface area contributed by atoms with E-state index in [1.165, 1.54) is 5.56 Å². The molecule has 3 heteroatoms. The minimum atomic E-state index is 0.120. The van der Waals surface area contributed by atoms with Gasteiger partial charge in [0.2, 0.25) is 0 Å². The molecule has 0 bridgehead atoms. The molecule has 0 amide bonds. The lowest BCUT2D eigenvalue weighted by atomic mass is 9.90. The van der Waals surface area contributed by atoms with Gasteiger partial charge in [-0.2, -0.15) is 0 Å². The molecule has 19 heavy (non-hydrogen) atoms. The molecule has 0 spiro atoms. The first kappa shape index (κ1) is 16.0. The van der Waals surface area contributed by atoms with Gasteiger partial charge in [0.1, 0.15) is 5.75 Å². The van der Waals surface area contributed by atoms with Crippen LogP contribution in [-0.2, 0) is 6.54 Å². The van der Waals surface area contributed by atoms with Crippen molar-refractivity contribution in [1.29, 1.82) is 0 Å². The molecule has 0 aliphatic carbocycles. The maximum Gasteiger partial charge on any atom is 0.118 e. The van der Waals surface area contributed by atoms with E-state index in [2.05, 4.69) is 37.8 Å². The van der Waals surface area contributed by atoms with Crippen LogP contribution in [0.5, 0.6) is 5.75 Å². The molecule has 1 aromatic rings. The van der Waals surface area contributed by atoms with E-state index >= 15 is 0 Å². The maximum atomic E-state index is 6.04. The molecule has 0 unspecified atom stereocenters. The second-order valence-corrected chi connectivity index (χ2v) is 5.00. The zero-order valence-electron chi connectivity index (χ0n) is 12.8. The summed E-state index contributed by atoms with van der Waals surface area (Å²) in [6, 6.07) is 8.30. The second-order valence-electron chi connectivity index (χ2n) is 5.00. The Bertz CT molecular complexity index is 349. The van der Waals surface area contributed by atoms with E-state index in [1.807, 2.05) is 12.1 Å². The quantitative estimate of drug-likeness (QED) is 0.784. The topological polar surface area (TPSA) is 38.5 Å². The Kier molecular flexibility index (Phi) is 6.32. The van der Waals surface area contributed by atoms with Gasteiger partial charge in [0.05, 0.1) is 7.11 Å². The van der Waals surface area contributed by atoms with E-state index in [0.717, 1.165) is 31.7 Å². The van der Waals surface area contributed by atoms with E-state index < -0.39 is 0 Å². The molecule has 1 aromatic carbocycles. The lowest BCUT2D eigenvalue weighted by molar-refractivity contribution is 0.0828. The average molecular weight is 264 g/mol. The van der Waals surface area contributed by atoms with Crippen LogP contribution in [0.2, 0.25) is 0 Å². The number of methoxy groups -OCH3 is 1. The first-order valence-corrected chi connectivity index (χ1v) is 7.23. The zero-order valence-corrected chi connectivity index (χ0v) is 12.8. The average Bonchev–Trinajstić information content (AvgIpc) is 2.49. The number of rotatable bonds is 8. The molecule has 2 N–H and O–H groups in total. The maximum absolute atomic E-state index is 6.04. The molecule has 0 saturated carbocycles. The van der Waals surface area contributed by atoms with Crippen LogP contribution in [0.25, 0.3) is 0 Å². The van der Waals surface area contributed by atoms with Gasteiger partial charge < -0.3 is 10.5 Å². The van der Waals surface area contributed by atoms with Crippen LogP contribution in [0.15, 0.2) is 24.3 Å². The van der Waals surface area contributed by atoms with E-state index in [1.54, 1.807) is 7.11 Å². The molecular weight excluding hydrogens is 236 g/mol. The predicted octanol–water partition coefficient (Wildman–Crippen LogP) is 3.03. The summed E-state index contributed by atoms with van der Waals surface area (Å²) in [5.41, 5.74) is 7.47. The molecular formula is C16H28N2O. The smallest absolute Gasteiger partial charge is 0.118 e. The highest BCUT2D eigenvalue weighted by Crippen LogP contribution is 2.25. The molecule has 1 rings (SSSR count). The predicted molar refractivity (Wildman–Crippen MR) is 81.4 cm³/mol. The molecule has 0 aliphatic rings. The fraction of sp³-hybridized carbons (Fsp3) is 0.625. The van der Waals surface area contributed by atoms with Crippen molar-refractivity contribution >= 4 is 0 Å². The van der Waals surface area contributed by atoms with Crippen molar-refractivity contribution < 1.29 is 4.74 Å². The summed E-state index contributed by atoms with van der Waals surface area (Å²) >= 11 is 0. The number of nitrogens with zero attached hydrogens (tertiary/aromatic N) is 1. The van der Waals surface area contributed by atoms with Crippen molar-refractivity contribution in [3.63, 3.8) is 0 Å². The largest absolute Gasteiger partial charge is 0.497 e. The third-order valence-corrected chi connectivity index (χ3v) is 4.28. The number of nitrogens with two attached hydrogens (primary N) is 1. The monoisotopic (exact) mass is 264 g/mol. The highest BCUT2D eigenvalue weighted by atomic mass is 16.5. The number of benzene rings is 1. The highest BCUT2D eigenvalue weighted by Gasteiger charge is 2.30. The van der Waals surface area contributed by atoms with Crippen LogP contribution in [0, 0.1) is 0 Å². The first-order chi connectivity index (χ1) is 9.15. The summed E-state index contributed by atoms with van der Waals surface area (Å²) in [5, 5.41) is 0. The standard InChI is InChI=1S/C16H28N2O/c1-5-16(6-2,13-17)18(7-3)12-14-8-10-15(19-4)11-9-14/h8-11H,5-7,12-13,17H2,1-4H3. The summed E-state index contributed by atoms with van der Waals surface area (Å²) in [7, 11) is 1.70. The van der Waals surface area contributed by atoms with E-state index in [-0.39, 0.29) is 5.54 Å². The summed E-state index contributed by atoms with van der Waals surface area (Å²) in [6.45, 7) is 9.34. The number of likely N-dealkylation sites (N-methyl/N-ethyl adjacent to an activating group) is 1. The van der Waals surface area contributed by atoms with Crippen molar-refractivity contribution in [2.45, 2.75) is 45.7 Å². The molecule has 0 heterocycles. The van der Waals surface area contributed by atoms with Crippen LogP contribution in [0.1, 0.15) is 39.2 Å². The second kappa shape index (κ2) is 7.51. The molecule has 0 saturated heterocycles. The molecule has 0 fully saturated rings. The van der Waals surface area contributed by atoms with E-state index in [4.69, 9.17) is 10.5 Å². The Morgan fingerprint density at radius 3 is 2.05 bits per heavy atom. The van der Waals surface area contributed by atoms with Gasteiger partial charge >= 0.3 is 0 Å². The van der Waals surface area contributed by atoms with Crippen molar-refractivity contribution in [3.8, 4) is 5.75 Å². The number of ether oxygens (including phenoxy) is 1. The van der Waals surface area contributed by atoms with Gasteiger partial charge in [-0.15, -0.1) is 0 Å². The SMILES string of the molecule is CCN(Cc1ccc(OC)cc1)C(CC)(CC)CN. The van der Waals surface area contributed by atoms with Gasteiger partial charge in [0.25, 0.3) is 0 Å². The van der Waals surface area contributed by atoms with Gasteiger partial charge in [-0.05, 0) is 37.1 Å². The normalized spacial score (nSPS) is 11.9. The van der Waals surface area contributed by atoms with Gasteiger partial charge in [-0.25, -0.2) is 0 Å². The van der Waals surface area contributed by atoms with Crippen molar-refractivity contribution in [1.82, 2.24) is 4.90 Å². The lowest BCUT2D eigenvalue weighted by Gasteiger charge is -2.42. The third-order valence-electron chi connectivity index (χ3n) is 4.28.